The zero-order valence-corrected chi connectivity index (χ0v) is 11.6. The predicted octanol–water partition coefficient (Wildman–Crippen LogP) is 3.57. The van der Waals surface area contributed by atoms with Gasteiger partial charge >= 0.3 is 0 Å². The number of carbonyl (C=O) groups excluding carboxylic acids is 1. The Labute approximate surface area is 106 Å². The van der Waals surface area contributed by atoms with Gasteiger partial charge in [-0.15, -0.1) is 0 Å². The second-order valence-corrected chi connectivity index (χ2v) is 5.03. The van der Waals surface area contributed by atoms with Crippen molar-refractivity contribution in [2.24, 2.45) is 5.92 Å². The molecule has 2 nitrogen and oxygen atoms in total. The van der Waals surface area contributed by atoms with E-state index >= 15 is 0 Å². The largest absolute Gasteiger partial charge is 0.341 e. The van der Waals surface area contributed by atoms with Crippen molar-refractivity contribution in [2.75, 3.05) is 13.6 Å². The molecule has 0 heterocycles. The van der Waals surface area contributed by atoms with Gasteiger partial charge in [-0.05, 0) is 34.0 Å². The first-order valence-electron chi connectivity index (χ1n) is 5.56. The molecule has 88 valence electrons. The number of rotatable bonds is 4. The van der Waals surface area contributed by atoms with E-state index in [1.165, 1.54) is 0 Å². The van der Waals surface area contributed by atoms with Crippen LogP contribution in [-0.4, -0.2) is 24.4 Å². The summed E-state index contributed by atoms with van der Waals surface area (Å²) in [6, 6.07) is 7.54. The van der Waals surface area contributed by atoms with Crippen molar-refractivity contribution >= 4 is 21.8 Å². The van der Waals surface area contributed by atoms with E-state index in [0.717, 1.165) is 23.0 Å². The molecule has 0 spiro atoms. The van der Waals surface area contributed by atoms with E-state index in [-0.39, 0.29) is 5.91 Å². The molecule has 1 unspecified atom stereocenters. The van der Waals surface area contributed by atoms with Gasteiger partial charge < -0.3 is 4.90 Å². The average molecular weight is 284 g/mol. The van der Waals surface area contributed by atoms with Gasteiger partial charge in [-0.3, -0.25) is 4.79 Å². The van der Waals surface area contributed by atoms with Crippen LogP contribution in [0.2, 0.25) is 0 Å². The summed E-state index contributed by atoms with van der Waals surface area (Å²) in [5, 5.41) is 0. The number of carbonyl (C=O) groups is 1. The quantitative estimate of drug-likeness (QED) is 0.827. The topological polar surface area (TPSA) is 20.3 Å². The summed E-state index contributed by atoms with van der Waals surface area (Å²) >= 11 is 3.40. The van der Waals surface area contributed by atoms with Gasteiger partial charge in [-0.2, -0.15) is 0 Å². The van der Waals surface area contributed by atoms with Gasteiger partial charge in [0, 0.05) is 18.1 Å². The number of benzene rings is 1. The maximum absolute atomic E-state index is 12.1. The predicted molar refractivity (Wildman–Crippen MR) is 70.6 cm³/mol. The number of hydrogen-bond donors (Lipinski definition) is 0. The molecule has 1 atom stereocenters. The van der Waals surface area contributed by atoms with Crippen molar-refractivity contribution in [3.63, 3.8) is 0 Å². The van der Waals surface area contributed by atoms with Gasteiger partial charge in [0.1, 0.15) is 0 Å². The highest BCUT2D eigenvalue weighted by Crippen LogP contribution is 2.18. The lowest BCUT2D eigenvalue weighted by molar-refractivity contribution is 0.0774. The van der Waals surface area contributed by atoms with Crippen LogP contribution in [0.4, 0.5) is 0 Å². The Bertz CT molecular complexity index is 365. The van der Waals surface area contributed by atoms with Crippen LogP contribution in [0.3, 0.4) is 0 Å². The van der Waals surface area contributed by atoms with Crippen LogP contribution in [0.25, 0.3) is 0 Å². The van der Waals surface area contributed by atoms with Gasteiger partial charge in [0.2, 0.25) is 0 Å². The molecule has 0 bridgehead atoms. The standard InChI is InChI=1S/C13H18BrNO/c1-4-10(2)9-15(3)13(16)11-7-5-6-8-12(11)14/h5-8,10H,4,9H2,1-3H3. The summed E-state index contributed by atoms with van der Waals surface area (Å²) in [6.45, 7) is 5.10. The molecule has 0 aliphatic carbocycles. The smallest absolute Gasteiger partial charge is 0.254 e. The molecule has 0 aliphatic rings. The van der Waals surface area contributed by atoms with Crippen molar-refractivity contribution in [3.8, 4) is 0 Å². The molecule has 0 radical (unpaired) electrons. The summed E-state index contributed by atoms with van der Waals surface area (Å²) in [5.74, 6) is 0.615. The van der Waals surface area contributed by atoms with Crippen molar-refractivity contribution in [1.29, 1.82) is 0 Å². The Hall–Kier alpha value is -0.830. The molecule has 1 aromatic rings. The van der Waals surface area contributed by atoms with Crippen LogP contribution in [0.5, 0.6) is 0 Å². The zero-order chi connectivity index (χ0) is 12.1. The maximum Gasteiger partial charge on any atom is 0.254 e. The Balaban J connectivity index is 2.75. The first kappa shape index (κ1) is 13.2. The van der Waals surface area contributed by atoms with Crippen LogP contribution in [0, 0.1) is 5.92 Å². The first-order valence-corrected chi connectivity index (χ1v) is 6.35. The van der Waals surface area contributed by atoms with Crippen LogP contribution in [-0.2, 0) is 0 Å². The Morgan fingerprint density at radius 3 is 2.62 bits per heavy atom. The van der Waals surface area contributed by atoms with Crippen LogP contribution >= 0.6 is 15.9 Å². The van der Waals surface area contributed by atoms with Crippen LogP contribution < -0.4 is 0 Å². The molecular weight excluding hydrogens is 266 g/mol. The molecular formula is C13H18BrNO. The minimum absolute atomic E-state index is 0.0766. The normalized spacial score (nSPS) is 12.2. The Morgan fingerprint density at radius 1 is 1.44 bits per heavy atom. The van der Waals surface area contributed by atoms with Gasteiger partial charge in [0.05, 0.1) is 5.56 Å². The minimum Gasteiger partial charge on any atom is -0.341 e. The summed E-state index contributed by atoms with van der Waals surface area (Å²) in [6.07, 6.45) is 1.09. The molecule has 0 aromatic heterocycles. The number of halogens is 1. The molecule has 1 amide bonds. The lowest BCUT2D eigenvalue weighted by Gasteiger charge is -2.21. The number of amides is 1. The highest BCUT2D eigenvalue weighted by atomic mass is 79.9. The SMILES string of the molecule is CCC(C)CN(C)C(=O)c1ccccc1Br. The van der Waals surface area contributed by atoms with E-state index in [1.807, 2.05) is 31.3 Å². The fourth-order valence-electron chi connectivity index (χ4n) is 1.52. The van der Waals surface area contributed by atoms with Gasteiger partial charge in [-0.25, -0.2) is 0 Å². The molecule has 1 aromatic carbocycles. The molecule has 1 rings (SSSR count). The van der Waals surface area contributed by atoms with Crippen LogP contribution in [0.15, 0.2) is 28.7 Å². The van der Waals surface area contributed by atoms with Crippen molar-refractivity contribution in [1.82, 2.24) is 4.90 Å². The number of hydrogen-bond acceptors (Lipinski definition) is 1. The second-order valence-electron chi connectivity index (χ2n) is 4.18. The molecule has 0 saturated carbocycles. The van der Waals surface area contributed by atoms with Gasteiger partial charge in [0.15, 0.2) is 0 Å². The zero-order valence-electron chi connectivity index (χ0n) is 10.0. The molecule has 0 N–H and O–H groups in total. The molecule has 0 aliphatic heterocycles. The third kappa shape index (κ3) is 3.34. The maximum atomic E-state index is 12.1. The highest BCUT2D eigenvalue weighted by Gasteiger charge is 2.15. The monoisotopic (exact) mass is 283 g/mol. The van der Waals surface area contributed by atoms with Crippen molar-refractivity contribution in [3.05, 3.63) is 34.3 Å². The highest BCUT2D eigenvalue weighted by molar-refractivity contribution is 9.10. The van der Waals surface area contributed by atoms with Gasteiger partial charge in [0.25, 0.3) is 5.91 Å². The van der Waals surface area contributed by atoms with E-state index in [2.05, 4.69) is 29.8 Å². The molecule has 0 fully saturated rings. The summed E-state index contributed by atoms with van der Waals surface area (Å²) in [7, 11) is 1.86. The summed E-state index contributed by atoms with van der Waals surface area (Å²) in [5.41, 5.74) is 0.730. The minimum atomic E-state index is 0.0766. The lowest BCUT2D eigenvalue weighted by atomic mass is 10.1. The Kier molecular flexibility index (Phi) is 5.00. The third-order valence-electron chi connectivity index (χ3n) is 2.73. The van der Waals surface area contributed by atoms with E-state index in [1.54, 1.807) is 4.90 Å². The van der Waals surface area contributed by atoms with E-state index in [9.17, 15) is 4.79 Å². The van der Waals surface area contributed by atoms with Crippen LogP contribution in [0.1, 0.15) is 30.6 Å². The second kappa shape index (κ2) is 6.04. The molecule has 16 heavy (non-hydrogen) atoms. The third-order valence-corrected chi connectivity index (χ3v) is 3.42. The fourth-order valence-corrected chi connectivity index (χ4v) is 1.97. The molecule has 3 heteroatoms. The van der Waals surface area contributed by atoms with E-state index in [4.69, 9.17) is 0 Å². The fraction of sp³-hybridized carbons (Fsp3) is 0.462. The van der Waals surface area contributed by atoms with Gasteiger partial charge in [-0.1, -0.05) is 32.4 Å². The Morgan fingerprint density at radius 2 is 2.06 bits per heavy atom. The van der Waals surface area contributed by atoms with Crippen molar-refractivity contribution < 1.29 is 4.79 Å². The number of nitrogens with zero attached hydrogens (tertiary/aromatic N) is 1. The van der Waals surface area contributed by atoms with E-state index < -0.39 is 0 Å². The summed E-state index contributed by atoms with van der Waals surface area (Å²) in [4.78, 5) is 13.9. The first-order chi connectivity index (χ1) is 7.56. The average Bonchev–Trinajstić information content (AvgIpc) is 2.28. The van der Waals surface area contributed by atoms with Crippen molar-refractivity contribution in [2.45, 2.75) is 20.3 Å². The van der Waals surface area contributed by atoms with E-state index in [0.29, 0.717) is 5.92 Å². The molecule has 0 saturated heterocycles. The summed E-state index contributed by atoms with van der Waals surface area (Å²) < 4.78 is 0.857. The lowest BCUT2D eigenvalue weighted by Crippen LogP contribution is -2.31.